The minimum absolute atomic E-state index is 0.169. The summed E-state index contributed by atoms with van der Waals surface area (Å²) in [6, 6.07) is 17.8. The number of hydrogen-bond donors (Lipinski definition) is 0. The van der Waals surface area contributed by atoms with Gasteiger partial charge in [-0.3, -0.25) is 4.90 Å². The van der Waals surface area contributed by atoms with E-state index < -0.39 is 0 Å². The minimum atomic E-state index is -0.265. The third-order valence-corrected chi connectivity index (χ3v) is 4.60. The zero-order chi connectivity index (χ0) is 16.9. The van der Waals surface area contributed by atoms with Crippen LogP contribution in [0.25, 0.3) is 6.08 Å². The predicted molar refractivity (Wildman–Crippen MR) is 99.4 cm³/mol. The second-order valence-electron chi connectivity index (χ2n) is 5.83. The second-order valence-corrected chi connectivity index (χ2v) is 6.74. The molecule has 0 saturated carbocycles. The Hall–Kier alpha value is -2.07. The molecule has 124 valence electrons. The van der Waals surface area contributed by atoms with Crippen LogP contribution in [0.15, 0.2) is 64.8 Å². The van der Waals surface area contributed by atoms with Gasteiger partial charge in [-0.15, -0.1) is 0 Å². The van der Waals surface area contributed by atoms with Crippen LogP contribution in [-0.4, -0.2) is 17.5 Å². The van der Waals surface area contributed by atoms with Gasteiger partial charge >= 0.3 is 6.09 Å². The fourth-order valence-electron chi connectivity index (χ4n) is 2.83. The van der Waals surface area contributed by atoms with E-state index in [1.807, 2.05) is 65.6 Å². The van der Waals surface area contributed by atoms with Crippen LogP contribution < -0.4 is 0 Å². The van der Waals surface area contributed by atoms with Crippen molar-refractivity contribution >= 4 is 28.1 Å². The van der Waals surface area contributed by atoms with E-state index in [-0.39, 0.29) is 12.1 Å². The Bertz CT molecular complexity index is 725. The molecule has 1 fully saturated rings. The Morgan fingerprint density at radius 1 is 1.12 bits per heavy atom. The number of hydrogen-bond acceptors (Lipinski definition) is 2. The summed E-state index contributed by atoms with van der Waals surface area (Å²) >= 11 is 3.47. The highest BCUT2D eigenvalue weighted by atomic mass is 79.9. The Morgan fingerprint density at radius 2 is 1.83 bits per heavy atom. The van der Waals surface area contributed by atoms with Crippen LogP contribution in [0.3, 0.4) is 0 Å². The molecule has 0 aliphatic carbocycles. The van der Waals surface area contributed by atoms with Gasteiger partial charge in [-0.1, -0.05) is 71.7 Å². The zero-order valence-corrected chi connectivity index (χ0v) is 15.2. The molecule has 2 aromatic carbocycles. The van der Waals surface area contributed by atoms with Crippen LogP contribution in [0.1, 0.15) is 36.9 Å². The van der Waals surface area contributed by atoms with Gasteiger partial charge < -0.3 is 4.74 Å². The molecule has 0 aromatic heterocycles. The van der Waals surface area contributed by atoms with E-state index in [0.717, 1.165) is 28.4 Å². The van der Waals surface area contributed by atoms with Crippen LogP contribution in [-0.2, 0) is 4.74 Å². The fourth-order valence-corrected chi connectivity index (χ4v) is 3.10. The molecule has 0 bridgehead atoms. The maximum Gasteiger partial charge on any atom is 0.415 e. The third kappa shape index (κ3) is 3.70. The maximum atomic E-state index is 12.4. The standard InChI is InChI=1S/C20H20BrNO2/c1-2-3-13-22-19(16-9-11-17(21)12-10-16)18(24-20(22)23)14-15-7-5-4-6-8-15/h4-12,14,19H,2-3,13H2,1H3/b18-14-. The molecule has 1 saturated heterocycles. The molecule has 1 aliphatic rings. The molecule has 1 amide bonds. The molecule has 0 radical (unpaired) electrons. The summed E-state index contributed by atoms with van der Waals surface area (Å²) in [6.45, 7) is 2.82. The number of cyclic esters (lactones) is 1. The van der Waals surface area contributed by atoms with Crippen LogP contribution in [0.2, 0.25) is 0 Å². The molecule has 1 unspecified atom stereocenters. The molecule has 1 aliphatic heterocycles. The van der Waals surface area contributed by atoms with E-state index in [1.54, 1.807) is 0 Å². The molecule has 24 heavy (non-hydrogen) atoms. The van der Waals surface area contributed by atoms with E-state index in [4.69, 9.17) is 4.74 Å². The van der Waals surface area contributed by atoms with Gasteiger partial charge in [0.15, 0.2) is 0 Å². The van der Waals surface area contributed by atoms with Gasteiger partial charge in [0.05, 0.1) is 0 Å². The molecule has 2 aromatic rings. The number of benzene rings is 2. The highest BCUT2D eigenvalue weighted by Crippen LogP contribution is 2.38. The summed E-state index contributed by atoms with van der Waals surface area (Å²) in [6.07, 6.45) is 3.69. The fraction of sp³-hybridized carbons (Fsp3) is 0.250. The van der Waals surface area contributed by atoms with E-state index in [9.17, 15) is 4.79 Å². The number of halogens is 1. The van der Waals surface area contributed by atoms with Crippen LogP contribution in [0.4, 0.5) is 4.79 Å². The lowest BCUT2D eigenvalue weighted by molar-refractivity contribution is 0.164. The summed E-state index contributed by atoms with van der Waals surface area (Å²) in [4.78, 5) is 14.2. The van der Waals surface area contributed by atoms with E-state index in [0.29, 0.717) is 12.3 Å². The molecule has 3 nitrogen and oxygen atoms in total. The largest absolute Gasteiger partial charge is 0.415 e. The zero-order valence-electron chi connectivity index (χ0n) is 13.6. The van der Waals surface area contributed by atoms with Gasteiger partial charge in [0.2, 0.25) is 0 Å². The SMILES string of the molecule is CCCCN1C(=O)O/C(=C\c2ccccc2)C1c1ccc(Br)cc1. The highest BCUT2D eigenvalue weighted by molar-refractivity contribution is 9.10. The van der Waals surface area contributed by atoms with Crippen molar-refractivity contribution in [1.29, 1.82) is 0 Å². The number of carbonyl (C=O) groups is 1. The van der Waals surface area contributed by atoms with Crippen molar-refractivity contribution in [3.05, 3.63) is 76.0 Å². The lowest BCUT2D eigenvalue weighted by atomic mass is 10.0. The Balaban J connectivity index is 1.98. The molecule has 0 spiro atoms. The van der Waals surface area contributed by atoms with Crippen LogP contribution in [0.5, 0.6) is 0 Å². The van der Waals surface area contributed by atoms with Gasteiger partial charge in [0, 0.05) is 11.0 Å². The first-order valence-corrected chi connectivity index (χ1v) is 8.99. The van der Waals surface area contributed by atoms with Crippen LogP contribution in [0, 0.1) is 0 Å². The average molecular weight is 386 g/mol. The molecule has 1 atom stereocenters. The van der Waals surface area contributed by atoms with Crippen molar-refractivity contribution < 1.29 is 9.53 Å². The first-order chi connectivity index (χ1) is 11.7. The Labute approximate surface area is 151 Å². The van der Waals surface area contributed by atoms with Crippen molar-refractivity contribution in [2.75, 3.05) is 6.54 Å². The lowest BCUT2D eigenvalue weighted by Crippen LogP contribution is -2.28. The second kappa shape index (κ2) is 7.67. The minimum Gasteiger partial charge on any atom is -0.412 e. The van der Waals surface area contributed by atoms with Gasteiger partial charge in [-0.05, 0) is 35.8 Å². The number of carbonyl (C=O) groups excluding carboxylic acids is 1. The molecule has 4 heteroatoms. The quantitative estimate of drug-likeness (QED) is 0.652. The highest BCUT2D eigenvalue weighted by Gasteiger charge is 2.38. The van der Waals surface area contributed by atoms with Crippen molar-refractivity contribution in [3.63, 3.8) is 0 Å². The first kappa shape index (κ1) is 16.8. The van der Waals surface area contributed by atoms with Crippen LogP contribution >= 0.6 is 15.9 Å². The van der Waals surface area contributed by atoms with Gasteiger partial charge in [0.1, 0.15) is 11.8 Å². The summed E-state index contributed by atoms with van der Waals surface area (Å²) in [7, 11) is 0. The summed E-state index contributed by atoms with van der Waals surface area (Å²) in [5.74, 6) is 0.685. The van der Waals surface area contributed by atoms with Crippen molar-refractivity contribution in [3.8, 4) is 0 Å². The molecule has 0 N–H and O–H groups in total. The normalized spacial score (nSPS) is 18.9. The van der Waals surface area contributed by atoms with E-state index >= 15 is 0 Å². The molecule has 3 rings (SSSR count). The summed E-state index contributed by atoms with van der Waals surface area (Å²) in [5, 5.41) is 0. The average Bonchev–Trinajstić information content (AvgIpc) is 2.90. The number of rotatable bonds is 5. The molecular formula is C20H20BrNO2. The lowest BCUT2D eigenvalue weighted by Gasteiger charge is -2.22. The smallest absolute Gasteiger partial charge is 0.412 e. The monoisotopic (exact) mass is 385 g/mol. The van der Waals surface area contributed by atoms with Crippen molar-refractivity contribution in [1.82, 2.24) is 4.90 Å². The number of nitrogens with zero attached hydrogens (tertiary/aromatic N) is 1. The first-order valence-electron chi connectivity index (χ1n) is 8.19. The molecule has 1 heterocycles. The maximum absolute atomic E-state index is 12.4. The van der Waals surface area contributed by atoms with E-state index in [1.165, 1.54) is 0 Å². The van der Waals surface area contributed by atoms with Crippen molar-refractivity contribution in [2.45, 2.75) is 25.8 Å². The summed E-state index contributed by atoms with van der Waals surface area (Å²) < 4.78 is 6.63. The third-order valence-electron chi connectivity index (χ3n) is 4.07. The summed E-state index contributed by atoms with van der Waals surface area (Å²) in [5.41, 5.74) is 2.09. The number of amides is 1. The van der Waals surface area contributed by atoms with Gasteiger partial charge in [-0.25, -0.2) is 4.79 Å². The number of unbranched alkanes of at least 4 members (excludes halogenated alkanes) is 1. The van der Waals surface area contributed by atoms with E-state index in [2.05, 4.69) is 22.9 Å². The molecular weight excluding hydrogens is 366 g/mol. The Morgan fingerprint density at radius 3 is 2.50 bits per heavy atom. The topological polar surface area (TPSA) is 29.5 Å². The van der Waals surface area contributed by atoms with Gasteiger partial charge in [-0.2, -0.15) is 0 Å². The van der Waals surface area contributed by atoms with Crippen molar-refractivity contribution in [2.24, 2.45) is 0 Å². The predicted octanol–water partition coefficient (Wildman–Crippen LogP) is 5.78. The number of ether oxygens (including phenoxy) is 1. The van der Waals surface area contributed by atoms with Gasteiger partial charge in [0.25, 0.3) is 0 Å². The Kier molecular flexibility index (Phi) is 5.36.